The quantitative estimate of drug-likeness (QED) is 0.860. The van der Waals surface area contributed by atoms with Crippen molar-refractivity contribution in [3.05, 3.63) is 35.4 Å². The molecule has 4 heteroatoms. The zero-order valence-electron chi connectivity index (χ0n) is 10.9. The molecule has 1 heterocycles. The number of amides is 1. The molecule has 0 aromatic heterocycles. The summed E-state index contributed by atoms with van der Waals surface area (Å²) in [6.07, 6.45) is 0. The molecule has 0 atom stereocenters. The van der Waals surface area contributed by atoms with Crippen molar-refractivity contribution in [2.24, 2.45) is 5.73 Å². The van der Waals surface area contributed by atoms with Gasteiger partial charge in [-0.15, -0.1) is 0 Å². The number of carbonyl (C=O) groups excluding carboxylic acids is 1. The molecule has 0 aliphatic carbocycles. The highest BCUT2D eigenvalue weighted by molar-refractivity contribution is 5.73. The average Bonchev–Trinajstić information content (AvgIpc) is 2.40. The maximum Gasteiger partial charge on any atom is 0.219 e. The molecule has 1 aromatic rings. The van der Waals surface area contributed by atoms with Crippen LogP contribution in [0.5, 0.6) is 0 Å². The predicted octanol–water partition coefficient (Wildman–Crippen LogP) is 0.809. The fourth-order valence-electron chi connectivity index (χ4n) is 2.26. The molecule has 0 saturated carbocycles. The van der Waals surface area contributed by atoms with Crippen LogP contribution in [0.4, 0.5) is 0 Å². The van der Waals surface area contributed by atoms with Gasteiger partial charge in [0.05, 0.1) is 0 Å². The van der Waals surface area contributed by atoms with Crippen molar-refractivity contribution in [3.8, 4) is 0 Å². The molecule has 0 radical (unpaired) electrons. The van der Waals surface area contributed by atoms with E-state index in [2.05, 4.69) is 29.2 Å². The Kier molecular flexibility index (Phi) is 4.33. The lowest BCUT2D eigenvalue weighted by molar-refractivity contribution is -0.130. The van der Waals surface area contributed by atoms with E-state index in [1.165, 1.54) is 11.1 Å². The fourth-order valence-corrected chi connectivity index (χ4v) is 2.26. The van der Waals surface area contributed by atoms with E-state index in [4.69, 9.17) is 5.73 Å². The lowest BCUT2D eigenvalue weighted by Crippen LogP contribution is -2.47. The molecule has 0 spiro atoms. The van der Waals surface area contributed by atoms with Crippen LogP contribution in [0.1, 0.15) is 18.1 Å². The van der Waals surface area contributed by atoms with Gasteiger partial charge in [-0.1, -0.05) is 24.3 Å². The number of carbonyl (C=O) groups is 1. The molecule has 0 bridgehead atoms. The molecule has 1 amide bonds. The van der Waals surface area contributed by atoms with Crippen LogP contribution in [0.2, 0.25) is 0 Å². The van der Waals surface area contributed by atoms with Crippen LogP contribution in [-0.2, 0) is 17.9 Å². The van der Waals surface area contributed by atoms with Crippen molar-refractivity contribution >= 4 is 5.91 Å². The topological polar surface area (TPSA) is 49.6 Å². The molecule has 0 unspecified atom stereocenters. The molecular weight excluding hydrogens is 226 g/mol. The molecule has 4 nitrogen and oxygen atoms in total. The number of nitrogens with two attached hydrogens (primary N) is 1. The summed E-state index contributed by atoms with van der Waals surface area (Å²) in [4.78, 5) is 15.5. The van der Waals surface area contributed by atoms with E-state index >= 15 is 0 Å². The van der Waals surface area contributed by atoms with E-state index in [1.807, 2.05) is 4.90 Å². The molecule has 1 aromatic carbocycles. The molecule has 2 rings (SSSR count). The summed E-state index contributed by atoms with van der Waals surface area (Å²) < 4.78 is 0. The van der Waals surface area contributed by atoms with E-state index in [1.54, 1.807) is 6.92 Å². The molecular formula is C14H21N3O. The van der Waals surface area contributed by atoms with E-state index in [-0.39, 0.29) is 5.91 Å². The van der Waals surface area contributed by atoms with Gasteiger partial charge in [-0.25, -0.2) is 0 Å². The summed E-state index contributed by atoms with van der Waals surface area (Å²) in [7, 11) is 0. The van der Waals surface area contributed by atoms with Gasteiger partial charge in [-0.3, -0.25) is 9.69 Å². The maximum atomic E-state index is 11.2. The van der Waals surface area contributed by atoms with Gasteiger partial charge in [-0.05, 0) is 11.1 Å². The van der Waals surface area contributed by atoms with Crippen LogP contribution in [-0.4, -0.2) is 41.9 Å². The number of hydrogen-bond donors (Lipinski definition) is 1. The Morgan fingerprint density at radius 3 is 2.17 bits per heavy atom. The molecule has 1 fully saturated rings. The van der Waals surface area contributed by atoms with Gasteiger partial charge in [0.2, 0.25) is 5.91 Å². The standard InChI is InChI=1S/C14H21N3O/c1-12(18)17-8-6-16(7-9-17)11-14-4-2-13(10-15)3-5-14/h2-5H,6-11,15H2,1H3. The van der Waals surface area contributed by atoms with Gasteiger partial charge in [0.15, 0.2) is 0 Å². The van der Waals surface area contributed by atoms with Crippen molar-refractivity contribution in [2.45, 2.75) is 20.0 Å². The van der Waals surface area contributed by atoms with Crippen LogP contribution >= 0.6 is 0 Å². The third kappa shape index (κ3) is 3.31. The van der Waals surface area contributed by atoms with Gasteiger partial charge >= 0.3 is 0 Å². The zero-order chi connectivity index (χ0) is 13.0. The summed E-state index contributed by atoms with van der Waals surface area (Å²) >= 11 is 0. The van der Waals surface area contributed by atoms with Crippen LogP contribution in [0, 0.1) is 0 Å². The molecule has 1 aliphatic rings. The lowest BCUT2D eigenvalue weighted by Gasteiger charge is -2.34. The lowest BCUT2D eigenvalue weighted by atomic mass is 10.1. The van der Waals surface area contributed by atoms with Crippen molar-refractivity contribution in [3.63, 3.8) is 0 Å². The minimum absolute atomic E-state index is 0.182. The van der Waals surface area contributed by atoms with Gasteiger partial charge in [-0.2, -0.15) is 0 Å². The minimum Gasteiger partial charge on any atom is -0.340 e. The third-order valence-electron chi connectivity index (χ3n) is 3.48. The Labute approximate surface area is 108 Å². The highest BCUT2D eigenvalue weighted by Gasteiger charge is 2.18. The molecule has 1 aliphatic heterocycles. The maximum absolute atomic E-state index is 11.2. The van der Waals surface area contributed by atoms with E-state index in [0.717, 1.165) is 32.7 Å². The fraction of sp³-hybridized carbons (Fsp3) is 0.500. The van der Waals surface area contributed by atoms with Gasteiger partial charge in [0.1, 0.15) is 0 Å². The Morgan fingerprint density at radius 1 is 1.11 bits per heavy atom. The second-order valence-corrected chi connectivity index (χ2v) is 4.80. The molecule has 1 saturated heterocycles. The second kappa shape index (κ2) is 5.98. The Morgan fingerprint density at radius 2 is 1.67 bits per heavy atom. The number of piperazine rings is 1. The number of hydrogen-bond acceptors (Lipinski definition) is 3. The summed E-state index contributed by atoms with van der Waals surface area (Å²) in [6.45, 7) is 6.79. The number of benzene rings is 1. The largest absolute Gasteiger partial charge is 0.340 e. The first-order valence-electron chi connectivity index (χ1n) is 6.45. The van der Waals surface area contributed by atoms with Gasteiger partial charge in [0.25, 0.3) is 0 Å². The number of rotatable bonds is 3. The number of nitrogens with zero attached hydrogens (tertiary/aromatic N) is 2. The summed E-state index contributed by atoms with van der Waals surface area (Å²) in [5.41, 5.74) is 8.06. The Balaban J connectivity index is 1.85. The summed E-state index contributed by atoms with van der Waals surface area (Å²) in [6, 6.07) is 8.45. The minimum atomic E-state index is 0.182. The smallest absolute Gasteiger partial charge is 0.219 e. The highest BCUT2D eigenvalue weighted by Crippen LogP contribution is 2.10. The van der Waals surface area contributed by atoms with Crippen LogP contribution in [0.15, 0.2) is 24.3 Å². The van der Waals surface area contributed by atoms with Crippen molar-refractivity contribution < 1.29 is 4.79 Å². The van der Waals surface area contributed by atoms with Gasteiger partial charge < -0.3 is 10.6 Å². The highest BCUT2D eigenvalue weighted by atomic mass is 16.2. The van der Waals surface area contributed by atoms with Crippen molar-refractivity contribution in [1.29, 1.82) is 0 Å². The van der Waals surface area contributed by atoms with E-state index in [0.29, 0.717) is 6.54 Å². The van der Waals surface area contributed by atoms with Gasteiger partial charge in [0, 0.05) is 46.2 Å². The van der Waals surface area contributed by atoms with Crippen LogP contribution in [0.25, 0.3) is 0 Å². The monoisotopic (exact) mass is 247 g/mol. The third-order valence-corrected chi connectivity index (χ3v) is 3.48. The zero-order valence-corrected chi connectivity index (χ0v) is 10.9. The Bertz CT molecular complexity index is 394. The Hall–Kier alpha value is -1.39. The first-order valence-corrected chi connectivity index (χ1v) is 6.45. The SMILES string of the molecule is CC(=O)N1CCN(Cc2ccc(CN)cc2)CC1. The predicted molar refractivity (Wildman–Crippen MR) is 71.9 cm³/mol. The van der Waals surface area contributed by atoms with Crippen molar-refractivity contribution in [1.82, 2.24) is 9.80 Å². The van der Waals surface area contributed by atoms with Crippen molar-refractivity contribution in [2.75, 3.05) is 26.2 Å². The normalized spacial score (nSPS) is 16.9. The van der Waals surface area contributed by atoms with Crippen LogP contribution < -0.4 is 5.73 Å². The summed E-state index contributed by atoms with van der Waals surface area (Å²) in [5.74, 6) is 0.182. The second-order valence-electron chi connectivity index (χ2n) is 4.80. The average molecular weight is 247 g/mol. The first-order chi connectivity index (χ1) is 8.69. The van der Waals surface area contributed by atoms with E-state index < -0.39 is 0 Å². The summed E-state index contributed by atoms with van der Waals surface area (Å²) in [5, 5.41) is 0. The molecule has 2 N–H and O–H groups in total. The molecule has 98 valence electrons. The first kappa shape index (κ1) is 13.1. The van der Waals surface area contributed by atoms with E-state index in [9.17, 15) is 4.79 Å². The molecule has 18 heavy (non-hydrogen) atoms. The van der Waals surface area contributed by atoms with Crippen LogP contribution in [0.3, 0.4) is 0 Å².